The van der Waals surface area contributed by atoms with E-state index in [0.29, 0.717) is 19.3 Å². The quantitative estimate of drug-likeness (QED) is 0.548. The summed E-state index contributed by atoms with van der Waals surface area (Å²) in [6.07, 6.45) is 7.60. The van der Waals surface area contributed by atoms with E-state index in [1.807, 2.05) is 13.8 Å². The molecule has 1 amide bonds. The average molecular weight is 367 g/mol. The van der Waals surface area contributed by atoms with Gasteiger partial charge in [0.05, 0.1) is 6.42 Å². The standard InChI is InChI=1S/C20H33NO5/c1-5-6-7-10-16-11-8-12-17(22)21(4)14-9-13-18(23)26-19(15(2)3)20(24)25-16/h9,14-16,19H,5-8,10-13H2,1-4H3/b14-9+. The van der Waals surface area contributed by atoms with Crippen molar-refractivity contribution < 1.29 is 23.9 Å². The molecule has 0 fully saturated rings. The first-order valence-corrected chi connectivity index (χ1v) is 9.67. The smallest absolute Gasteiger partial charge is 0.347 e. The number of hydrogen-bond acceptors (Lipinski definition) is 5. The summed E-state index contributed by atoms with van der Waals surface area (Å²) >= 11 is 0. The van der Waals surface area contributed by atoms with Crippen LogP contribution in [0, 0.1) is 5.92 Å². The van der Waals surface area contributed by atoms with Crippen molar-refractivity contribution in [2.45, 2.75) is 84.3 Å². The molecule has 0 bridgehead atoms. The summed E-state index contributed by atoms with van der Waals surface area (Å²) in [6, 6.07) is 0. The van der Waals surface area contributed by atoms with Crippen LogP contribution in [0.5, 0.6) is 0 Å². The van der Waals surface area contributed by atoms with Crippen LogP contribution in [-0.2, 0) is 23.9 Å². The second-order valence-electron chi connectivity index (χ2n) is 7.19. The van der Waals surface area contributed by atoms with Gasteiger partial charge in [-0.25, -0.2) is 4.79 Å². The Morgan fingerprint density at radius 3 is 2.58 bits per heavy atom. The summed E-state index contributed by atoms with van der Waals surface area (Å²) in [5.41, 5.74) is 0. The van der Waals surface area contributed by atoms with E-state index in [4.69, 9.17) is 9.47 Å². The molecule has 0 saturated carbocycles. The van der Waals surface area contributed by atoms with Gasteiger partial charge in [-0.05, 0) is 25.7 Å². The van der Waals surface area contributed by atoms with E-state index in [2.05, 4.69) is 6.92 Å². The molecule has 0 radical (unpaired) electrons. The molecular formula is C20H33NO5. The number of unbranched alkanes of at least 4 members (excludes halogenated alkanes) is 2. The molecule has 1 aliphatic rings. The van der Waals surface area contributed by atoms with Gasteiger partial charge in [0.15, 0.2) is 0 Å². The van der Waals surface area contributed by atoms with Gasteiger partial charge in [0.25, 0.3) is 0 Å². The molecule has 1 heterocycles. The number of carbonyl (C=O) groups is 3. The summed E-state index contributed by atoms with van der Waals surface area (Å²) in [4.78, 5) is 38.1. The third-order valence-electron chi connectivity index (χ3n) is 4.43. The molecule has 1 aliphatic heterocycles. The van der Waals surface area contributed by atoms with Crippen molar-refractivity contribution >= 4 is 17.8 Å². The first-order valence-electron chi connectivity index (χ1n) is 9.67. The van der Waals surface area contributed by atoms with Gasteiger partial charge in [-0.3, -0.25) is 9.59 Å². The Morgan fingerprint density at radius 2 is 1.92 bits per heavy atom. The van der Waals surface area contributed by atoms with Crippen LogP contribution in [0.3, 0.4) is 0 Å². The average Bonchev–Trinajstić information content (AvgIpc) is 2.58. The lowest BCUT2D eigenvalue weighted by molar-refractivity contribution is -0.174. The second-order valence-corrected chi connectivity index (χ2v) is 7.19. The Bertz CT molecular complexity index is 500. The minimum Gasteiger partial charge on any atom is -0.460 e. The van der Waals surface area contributed by atoms with E-state index in [1.54, 1.807) is 19.3 Å². The van der Waals surface area contributed by atoms with Gasteiger partial charge in [0.1, 0.15) is 6.10 Å². The molecule has 148 valence electrons. The van der Waals surface area contributed by atoms with Gasteiger partial charge in [-0.15, -0.1) is 0 Å². The van der Waals surface area contributed by atoms with Crippen LogP contribution in [-0.4, -0.2) is 42.0 Å². The predicted octanol–water partition coefficient (Wildman–Crippen LogP) is 3.59. The lowest BCUT2D eigenvalue weighted by Crippen LogP contribution is -2.36. The highest BCUT2D eigenvalue weighted by Crippen LogP contribution is 2.18. The number of amides is 1. The molecule has 2 atom stereocenters. The molecule has 0 aromatic carbocycles. The van der Waals surface area contributed by atoms with Crippen molar-refractivity contribution in [1.29, 1.82) is 0 Å². The second kappa shape index (κ2) is 11.7. The van der Waals surface area contributed by atoms with Crippen LogP contribution in [0.2, 0.25) is 0 Å². The Morgan fingerprint density at radius 1 is 1.19 bits per heavy atom. The summed E-state index contributed by atoms with van der Waals surface area (Å²) in [6.45, 7) is 5.78. The normalized spacial score (nSPS) is 24.8. The highest BCUT2D eigenvalue weighted by molar-refractivity contribution is 5.80. The van der Waals surface area contributed by atoms with E-state index in [9.17, 15) is 14.4 Å². The van der Waals surface area contributed by atoms with Crippen molar-refractivity contribution in [2.24, 2.45) is 5.92 Å². The zero-order valence-electron chi connectivity index (χ0n) is 16.5. The third-order valence-corrected chi connectivity index (χ3v) is 4.43. The van der Waals surface area contributed by atoms with Gasteiger partial charge in [0, 0.05) is 25.6 Å². The van der Waals surface area contributed by atoms with Gasteiger partial charge >= 0.3 is 11.9 Å². The van der Waals surface area contributed by atoms with E-state index < -0.39 is 18.0 Å². The third kappa shape index (κ3) is 8.02. The number of carbonyl (C=O) groups excluding carboxylic acids is 3. The van der Waals surface area contributed by atoms with Crippen LogP contribution >= 0.6 is 0 Å². The van der Waals surface area contributed by atoms with Crippen molar-refractivity contribution in [2.75, 3.05) is 7.05 Å². The molecule has 0 aromatic heterocycles. The summed E-state index contributed by atoms with van der Waals surface area (Å²) < 4.78 is 11.0. The minimum absolute atomic E-state index is 0.00798. The number of nitrogens with zero attached hydrogens (tertiary/aromatic N) is 1. The molecule has 26 heavy (non-hydrogen) atoms. The first-order chi connectivity index (χ1) is 12.3. The zero-order chi connectivity index (χ0) is 19.5. The Hall–Kier alpha value is -1.85. The number of hydrogen-bond donors (Lipinski definition) is 0. The molecule has 6 nitrogen and oxygen atoms in total. The molecule has 0 spiro atoms. The summed E-state index contributed by atoms with van der Waals surface area (Å²) in [5.74, 6) is -1.18. The molecule has 1 rings (SSSR count). The fraction of sp³-hybridized carbons (Fsp3) is 0.750. The molecule has 0 saturated heterocycles. The topological polar surface area (TPSA) is 72.9 Å². The SMILES string of the molecule is CCCCCC1CCCC(=O)N(C)/C=C/CC(=O)OC(C(C)C)C(=O)O1. The molecular weight excluding hydrogens is 334 g/mol. The van der Waals surface area contributed by atoms with Crippen molar-refractivity contribution in [1.82, 2.24) is 4.90 Å². The van der Waals surface area contributed by atoms with Gasteiger partial charge < -0.3 is 14.4 Å². The zero-order valence-corrected chi connectivity index (χ0v) is 16.5. The summed E-state index contributed by atoms with van der Waals surface area (Å²) in [7, 11) is 1.67. The maximum absolute atomic E-state index is 12.5. The Kier molecular flexibility index (Phi) is 9.99. The van der Waals surface area contributed by atoms with E-state index in [0.717, 1.165) is 25.7 Å². The van der Waals surface area contributed by atoms with E-state index in [-0.39, 0.29) is 24.3 Å². The highest BCUT2D eigenvalue weighted by atomic mass is 16.6. The van der Waals surface area contributed by atoms with E-state index in [1.165, 1.54) is 4.90 Å². The molecule has 0 N–H and O–H groups in total. The Labute approximate surface area is 156 Å². The fourth-order valence-electron chi connectivity index (χ4n) is 2.81. The summed E-state index contributed by atoms with van der Waals surface area (Å²) in [5, 5.41) is 0. The maximum Gasteiger partial charge on any atom is 0.347 e. The number of ether oxygens (including phenoxy) is 2. The van der Waals surface area contributed by atoms with Crippen molar-refractivity contribution in [3.8, 4) is 0 Å². The van der Waals surface area contributed by atoms with Gasteiger partial charge in [-0.1, -0.05) is 39.7 Å². The van der Waals surface area contributed by atoms with Gasteiger partial charge in [0.2, 0.25) is 12.0 Å². The first kappa shape index (κ1) is 22.2. The monoisotopic (exact) mass is 367 g/mol. The predicted molar refractivity (Wildman–Crippen MR) is 99.1 cm³/mol. The molecule has 0 aromatic rings. The van der Waals surface area contributed by atoms with Gasteiger partial charge in [-0.2, -0.15) is 0 Å². The highest BCUT2D eigenvalue weighted by Gasteiger charge is 2.30. The minimum atomic E-state index is -0.896. The Balaban J connectivity index is 2.89. The van der Waals surface area contributed by atoms with Crippen LogP contribution in [0.1, 0.15) is 72.1 Å². The van der Waals surface area contributed by atoms with Crippen LogP contribution < -0.4 is 0 Å². The lowest BCUT2D eigenvalue weighted by atomic mass is 10.0. The fourth-order valence-corrected chi connectivity index (χ4v) is 2.81. The maximum atomic E-state index is 12.5. The van der Waals surface area contributed by atoms with E-state index >= 15 is 0 Å². The van der Waals surface area contributed by atoms with Crippen LogP contribution in [0.4, 0.5) is 0 Å². The van der Waals surface area contributed by atoms with Crippen LogP contribution in [0.25, 0.3) is 0 Å². The number of cyclic esters (lactones) is 2. The van der Waals surface area contributed by atoms with Crippen molar-refractivity contribution in [3.63, 3.8) is 0 Å². The van der Waals surface area contributed by atoms with Crippen molar-refractivity contribution in [3.05, 3.63) is 12.3 Å². The molecule has 6 heteroatoms. The van der Waals surface area contributed by atoms with Crippen LogP contribution in [0.15, 0.2) is 12.3 Å². The molecule has 0 aliphatic carbocycles. The lowest BCUT2D eigenvalue weighted by Gasteiger charge is -2.24. The largest absolute Gasteiger partial charge is 0.460 e. The number of rotatable bonds is 5. The molecule has 2 unspecified atom stereocenters. The number of esters is 2.